The van der Waals surface area contributed by atoms with Gasteiger partial charge in [-0.3, -0.25) is 0 Å². The summed E-state index contributed by atoms with van der Waals surface area (Å²) >= 11 is 0. The molecule has 0 bridgehead atoms. The third-order valence-corrected chi connectivity index (χ3v) is 4.86. The van der Waals surface area contributed by atoms with Crippen LogP contribution in [0.2, 0.25) is 0 Å². The number of aliphatic hydroxyl groups is 1. The van der Waals surface area contributed by atoms with E-state index in [1.165, 1.54) is 0 Å². The van der Waals surface area contributed by atoms with Crippen molar-refractivity contribution in [1.29, 1.82) is 0 Å². The van der Waals surface area contributed by atoms with E-state index in [-0.39, 0.29) is 0 Å². The zero-order valence-corrected chi connectivity index (χ0v) is 12.5. The van der Waals surface area contributed by atoms with Crippen LogP contribution in [0.3, 0.4) is 0 Å². The topological polar surface area (TPSA) is 38.7 Å². The molecule has 2 aromatic carbocycles. The average molecular weight is 284 g/mol. The molecule has 0 amide bonds. The van der Waals surface area contributed by atoms with Crippen LogP contribution < -0.4 is 0 Å². The Bertz CT molecular complexity index is 568. The highest BCUT2D eigenvalue weighted by molar-refractivity contribution is 5.31. The van der Waals surface area contributed by atoms with Gasteiger partial charge in [0, 0.05) is 5.56 Å². The van der Waals surface area contributed by atoms with Gasteiger partial charge in [0.15, 0.2) is 0 Å². The van der Waals surface area contributed by atoms with Gasteiger partial charge < -0.3 is 5.11 Å². The molecule has 0 aliphatic carbocycles. The van der Waals surface area contributed by atoms with Gasteiger partial charge in [0.05, 0.1) is 5.41 Å². The first-order valence-corrected chi connectivity index (χ1v) is 7.12. The molecule has 1 fully saturated rings. The maximum atomic E-state index is 11.1. The summed E-state index contributed by atoms with van der Waals surface area (Å²) in [5, 5.41) is 11.1. The van der Waals surface area contributed by atoms with E-state index in [0.29, 0.717) is 5.56 Å². The molecule has 3 heteroatoms. The maximum absolute atomic E-state index is 11.1. The Labute approximate surface area is 125 Å². The van der Waals surface area contributed by atoms with Crippen LogP contribution in [-0.2, 0) is 21.2 Å². The van der Waals surface area contributed by atoms with Gasteiger partial charge >= 0.3 is 0 Å². The van der Waals surface area contributed by atoms with E-state index in [2.05, 4.69) is 0 Å². The molecule has 0 radical (unpaired) electrons. The van der Waals surface area contributed by atoms with Crippen LogP contribution in [0.15, 0.2) is 60.7 Å². The molecule has 21 heavy (non-hydrogen) atoms. The lowest BCUT2D eigenvalue weighted by Gasteiger charge is -2.40. The molecule has 0 spiro atoms. The minimum absolute atomic E-state index is 0.678. The number of hydrogen-bond acceptors (Lipinski definition) is 3. The number of benzene rings is 2. The van der Waals surface area contributed by atoms with E-state index in [0.717, 1.165) is 5.56 Å². The van der Waals surface area contributed by atoms with Crippen molar-refractivity contribution < 1.29 is 14.9 Å². The molecule has 110 valence electrons. The molecular weight excluding hydrogens is 264 g/mol. The standard InChI is InChI=1S/C18H20O3/c1-16(2)17(3,14-10-6-4-7-11-14)20-21-18(16,19)15-12-8-5-9-13-15/h4-13,19H,1-3H3/t17-,18-/m1/s1. The lowest BCUT2D eigenvalue weighted by molar-refractivity contribution is -0.403. The predicted molar refractivity (Wildman–Crippen MR) is 80.1 cm³/mol. The van der Waals surface area contributed by atoms with E-state index in [1.54, 1.807) is 0 Å². The Morgan fingerprint density at radius 2 is 1.19 bits per heavy atom. The fourth-order valence-electron chi connectivity index (χ4n) is 2.91. The van der Waals surface area contributed by atoms with Crippen molar-refractivity contribution in [3.05, 3.63) is 71.8 Å². The second-order valence-electron chi connectivity index (χ2n) is 6.20. The van der Waals surface area contributed by atoms with Crippen molar-refractivity contribution in [2.45, 2.75) is 32.2 Å². The van der Waals surface area contributed by atoms with Gasteiger partial charge in [-0.15, -0.1) is 0 Å². The highest BCUT2D eigenvalue weighted by atomic mass is 17.2. The van der Waals surface area contributed by atoms with Crippen molar-refractivity contribution in [2.24, 2.45) is 5.41 Å². The highest BCUT2D eigenvalue weighted by Gasteiger charge is 2.65. The predicted octanol–water partition coefficient (Wildman–Crippen LogP) is 3.74. The Morgan fingerprint density at radius 1 is 0.714 bits per heavy atom. The summed E-state index contributed by atoms with van der Waals surface area (Å²) in [4.78, 5) is 11.1. The lowest BCUT2D eigenvalue weighted by Crippen LogP contribution is -2.47. The van der Waals surface area contributed by atoms with Crippen LogP contribution in [0.25, 0.3) is 0 Å². The first-order chi connectivity index (χ1) is 9.92. The van der Waals surface area contributed by atoms with Crippen molar-refractivity contribution in [1.82, 2.24) is 0 Å². The molecule has 2 aromatic rings. The normalized spacial score (nSPS) is 31.2. The zero-order valence-electron chi connectivity index (χ0n) is 12.5. The molecule has 2 atom stereocenters. The molecule has 0 aromatic heterocycles. The molecule has 1 saturated heterocycles. The molecule has 1 heterocycles. The Hall–Kier alpha value is -1.68. The molecular formula is C18H20O3. The van der Waals surface area contributed by atoms with Crippen LogP contribution in [0.4, 0.5) is 0 Å². The van der Waals surface area contributed by atoms with E-state index in [4.69, 9.17) is 9.78 Å². The van der Waals surface area contributed by atoms with Gasteiger partial charge in [-0.05, 0) is 12.5 Å². The monoisotopic (exact) mass is 284 g/mol. The van der Waals surface area contributed by atoms with Crippen LogP contribution in [0.5, 0.6) is 0 Å². The fraction of sp³-hybridized carbons (Fsp3) is 0.333. The fourth-order valence-corrected chi connectivity index (χ4v) is 2.91. The van der Waals surface area contributed by atoms with Crippen molar-refractivity contribution in [3.8, 4) is 0 Å². The third kappa shape index (κ3) is 1.85. The third-order valence-electron chi connectivity index (χ3n) is 4.86. The molecule has 1 aliphatic heterocycles. The van der Waals surface area contributed by atoms with Crippen molar-refractivity contribution in [2.75, 3.05) is 0 Å². The second-order valence-corrected chi connectivity index (χ2v) is 6.20. The van der Waals surface area contributed by atoms with Gasteiger partial charge in [0.2, 0.25) is 5.79 Å². The number of hydrogen-bond donors (Lipinski definition) is 1. The van der Waals surface area contributed by atoms with E-state index in [9.17, 15) is 5.11 Å². The summed E-state index contributed by atoms with van der Waals surface area (Å²) in [6.07, 6.45) is 0. The molecule has 0 unspecified atom stereocenters. The van der Waals surface area contributed by atoms with Gasteiger partial charge in [-0.25, -0.2) is 4.89 Å². The first-order valence-electron chi connectivity index (χ1n) is 7.12. The average Bonchev–Trinajstić information content (AvgIpc) is 2.71. The Balaban J connectivity index is 2.10. The summed E-state index contributed by atoms with van der Waals surface area (Å²) < 4.78 is 0. The molecule has 1 aliphatic rings. The summed E-state index contributed by atoms with van der Waals surface area (Å²) in [6, 6.07) is 19.2. The van der Waals surface area contributed by atoms with Crippen LogP contribution in [0, 0.1) is 5.41 Å². The minimum Gasteiger partial charge on any atom is -0.359 e. The molecule has 0 saturated carbocycles. The molecule has 1 N–H and O–H groups in total. The smallest absolute Gasteiger partial charge is 0.233 e. The largest absolute Gasteiger partial charge is 0.359 e. The second kappa shape index (κ2) is 4.67. The van der Waals surface area contributed by atoms with Crippen LogP contribution in [0.1, 0.15) is 31.9 Å². The molecule has 3 nitrogen and oxygen atoms in total. The summed E-state index contributed by atoms with van der Waals surface area (Å²) in [6.45, 7) is 5.86. The number of rotatable bonds is 2. The molecule has 3 rings (SSSR count). The van der Waals surface area contributed by atoms with Crippen molar-refractivity contribution in [3.63, 3.8) is 0 Å². The Morgan fingerprint density at radius 3 is 1.71 bits per heavy atom. The van der Waals surface area contributed by atoms with Crippen LogP contribution >= 0.6 is 0 Å². The van der Waals surface area contributed by atoms with Crippen LogP contribution in [-0.4, -0.2) is 5.11 Å². The van der Waals surface area contributed by atoms with E-state index < -0.39 is 16.8 Å². The van der Waals surface area contributed by atoms with Gasteiger partial charge in [-0.2, -0.15) is 4.89 Å². The quantitative estimate of drug-likeness (QED) is 0.854. The van der Waals surface area contributed by atoms with E-state index >= 15 is 0 Å². The maximum Gasteiger partial charge on any atom is 0.233 e. The van der Waals surface area contributed by atoms with E-state index in [1.807, 2.05) is 81.4 Å². The SMILES string of the molecule is CC1(C)[C@@](C)(c2ccccc2)OO[C@]1(O)c1ccccc1. The van der Waals surface area contributed by atoms with Crippen molar-refractivity contribution >= 4 is 0 Å². The summed E-state index contributed by atoms with van der Waals surface area (Å²) in [7, 11) is 0. The van der Waals surface area contributed by atoms with Gasteiger partial charge in [0.1, 0.15) is 5.60 Å². The van der Waals surface area contributed by atoms with Gasteiger partial charge in [-0.1, -0.05) is 74.5 Å². The first kappa shape index (κ1) is 14.3. The highest BCUT2D eigenvalue weighted by Crippen LogP contribution is 2.59. The van der Waals surface area contributed by atoms with Gasteiger partial charge in [0.25, 0.3) is 0 Å². The summed E-state index contributed by atoms with van der Waals surface area (Å²) in [5.74, 6) is -1.50. The minimum atomic E-state index is -1.50. The lowest BCUT2D eigenvalue weighted by atomic mass is 9.65. The Kier molecular flexibility index (Phi) is 3.17. The summed E-state index contributed by atoms with van der Waals surface area (Å²) in [5.41, 5.74) is 0.234. The zero-order chi connectivity index (χ0) is 15.1.